The molecule has 28 heavy (non-hydrogen) atoms. The molecule has 0 bridgehead atoms. The van der Waals surface area contributed by atoms with E-state index in [1.807, 2.05) is 0 Å². The molecule has 1 aromatic carbocycles. The number of hydrogen-bond donors (Lipinski definition) is 6. The molecule has 0 aliphatic carbocycles. The van der Waals surface area contributed by atoms with Crippen molar-refractivity contribution in [2.24, 2.45) is 0 Å². The van der Waals surface area contributed by atoms with E-state index in [1.54, 1.807) is 24.3 Å². The van der Waals surface area contributed by atoms with Crippen LogP contribution in [0.3, 0.4) is 0 Å². The molecule has 1 aromatic rings. The third kappa shape index (κ3) is 5.63. The van der Waals surface area contributed by atoms with Crippen LogP contribution in [0.4, 0.5) is 5.69 Å². The van der Waals surface area contributed by atoms with Crippen LogP contribution in [0.2, 0.25) is 0 Å². The maximum absolute atomic E-state index is 12.1. The lowest BCUT2D eigenvalue weighted by Gasteiger charge is -2.40. The van der Waals surface area contributed by atoms with Gasteiger partial charge in [-0.25, -0.2) is 4.79 Å². The number of esters is 1. The van der Waals surface area contributed by atoms with E-state index in [1.165, 1.54) is 4.90 Å². The number of aliphatic hydroxyl groups is 4. The topological polar surface area (TPSA) is 133 Å². The van der Waals surface area contributed by atoms with E-state index < -0.39 is 43.2 Å². The second-order valence-electron chi connectivity index (χ2n) is 6.81. The van der Waals surface area contributed by atoms with Crippen LogP contribution in [0, 0.1) is 0 Å². The van der Waals surface area contributed by atoms with Crippen molar-refractivity contribution >= 4 is 11.7 Å². The summed E-state index contributed by atoms with van der Waals surface area (Å²) in [6, 6.07) is 6.40. The minimum Gasteiger partial charge on any atom is -0.456 e. The van der Waals surface area contributed by atoms with Gasteiger partial charge in [-0.2, -0.15) is 0 Å². The van der Waals surface area contributed by atoms with Gasteiger partial charge in [0.15, 0.2) is 6.23 Å². The Morgan fingerprint density at radius 1 is 1.11 bits per heavy atom. The predicted molar refractivity (Wildman–Crippen MR) is 101 cm³/mol. The van der Waals surface area contributed by atoms with Gasteiger partial charge in [0.1, 0.15) is 37.6 Å². The molecule has 1 fully saturated rings. The minimum absolute atomic E-state index is 0.348. The molecule has 2 rings (SSSR count). The van der Waals surface area contributed by atoms with E-state index in [9.17, 15) is 25.2 Å². The van der Waals surface area contributed by atoms with E-state index in [2.05, 4.69) is 19.2 Å². The largest absolute Gasteiger partial charge is 0.456 e. The fourth-order valence-corrected chi connectivity index (χ4v) is 3.06. The fourth-order valence-electron chi connectivity index (χ4n) is 3.06. The molecule has 1 aliphatic rings. The lowest BCUT2D eigenvalue weighted by molar-refractivity contribution is -0.896. The molecule has 9 heteroatoms. The van der Waals surface area contributed by atoms with Gasteiger partial charge in [0.05, 0.1) is 25.3 Å². The smallest absolute Gasteiger partial charge is 0.338 e. The molecule has 0 saturated carbocycles. The zero-order valence-corrected chi connectivity index (χ0v) is 16.2. The van der Waals surface area contributed by atoms with Crippen LogP contribution in [-0.2, 0) is 9.47 Å². The van der Waals surface area contributed by atoms with Gasteiger partial charge in [-0.1, -0.05) is 0 Å². The first-order chi connectivity index (χ1) is 13.4. The highest BCUT2D eigenvalue weighted by Gasteiger charge is 2.43. The Morgan fingerprint density at radius 3 is 2.32 bits per heavy atom. The summed E-state index contributed by atoms with van der Waals surface area (Å²) in [6.07, 6.45) is -6.26. The Hall–Kier alpha value is -1.75. The Balaban J connectivity index is 1.90. The van der Waals surface area contributed by atoms with Crippen molar-refractivity contribution in [3.8, 4) is 0 Å². The zero-order chi connectivity index (χ0) is 20.7. The summed E-state index contributed by atoms with van der Waals surface area (Å²) in [5.41, 5.74) is 0.933. The van der Waals surface area contributed by atoms with Crippen LogP contribution in [0.15, 0.2) is 24.3 Å². The summed E-state index contributed by atoms with van der Waals surface area (Å²) in [4.78, 5) is 13.5. The minimum atomic E-state index is -1.45. The molecule has 6 N–H and O–H groups in total. The summed E-state index contributed by atoms with van der Waals surface area (Å²) in [5.74, 6) is -0.411. The van der Waals surface area contributed by atoms with Gasteiger partial charge in [0, 0.05) is 5.69 Å². The van der Waals surface area contributed by atoms with Crippen LogP contribution in [0.1, 0.15) is 24.2 Å². The number of anilines is 1. The normalized spacial score (nSPS) is 27.6. The van der Waals surface area contributed by atoms with Crippen molar-refractivity contribution in [2.75, 3.05) is 38.2 Å². The molecule has 0 unspecified atom stereocenters. The number of aliphatic hydroxyl groups excluding tert-OH is 4. The van der Waals surface area contributed by atoms with E-state index in [0.29, 0.717) is 17.9 Å². The fraction of sp³-hybridized carbons (Fsp3) is 0.632. The van der Waals surface area contributed by atoms with Gasteiger partial charge in [-0.3, -0.25) is 0 Å². The van der Waals surface area contributed by atoms with Gasteiger partial charge in [0.2, 0.25) is 0 Å². The average molecular weight is 399 g/mol. The number of ether oxygens (including phenoxy) is 2. The van der Waals surface area contributed by atoms with Crippen LogP contribution < -0.4 is 10.2 Å². The van der Waals surface area contributed by atoms with Gasteiger partial charge in [-0.05, 0) is 38.1 Å². The third-order valence-electron chi connectivity index (χ3n) is 5.01. The maximum atomic E-state index is 12.1. The molecule has 0 aromatic heterocycles. The molecule has 9 nitrogen and oxygen atoms in total. The summed E-state index contributed by atoms with van der Waals surface area (Å²) in [7, 11) is 0. The molecule has 0 spiro atoms. The summed E-state index contributed by atoms with van der Waals surface area (Å²) in [6.45, 7) is 6.74. The van der Waals surface area contributed by atoms with Crippen LogP contribution in [0.5, 0.6) is 0 Å². The predicted octanol–water partition coefficient (Wildman–Crippen LogP) is -2.02. The molecule has 158 valence electrons. The van der Waals surface area contributed by atoms with E-state index >= 15 is 0 Å². The molecular formula is C19H31N2O7+. The van der Waals surface area contributed by atoms with Crippen molar-refractivity contribution in [3.63, 3.8) is 0 Å². The highest BCUT2D eigenvalue weighted by atomic mass is 16.6. The SMILES string of the molecule is CC[NH+](CC)CCOC(=O)c1ccc(N[C@@H]2O[C@H](CO)[C@@H](O)[C@H](O)[C@H]2O)cc1. The van der Waals surface area contributed by atoms with Crippen LogP contribution in [-0.4, -0.2) is 89.9 Å². The molecule has 1 aliphatic heterocycles. The van der Waals surface area contributed by atoms with Crippen molar-refractivity contribution in [1.29, 1.82) is 0 Å². The summed E-state index contributed by atoms with van der Waals surface area (Å²) >= 11 is 0. The van der Waals surface area contributed by atoms with Crippen molar-refractivity contribution in [2.45, 2.75) is 44.5 Å². The second-order valence-corrected chi connectivity index (χ2v) is 6.81. The van der Waals surface area contributed by atoms with Crippen molar-refractivity contribution < 1.29 is 39.6 Å². The zero-order valence-electron chi connectivity index (χ0n) is 16.2. The van der Waals surface area contributed by atoms with Gasteiger partial charge >= 0.3 is 5.97 Å². The van der Waals surface area contributed by atoms with Gasteiger partial charge < -0.3 is 40.1 Å². The Bertz CT molecular complexity index is 607. The molecule has 0 radical (unpaired) electrons. The van der Waals surface area contributed by atoms with Crippen molar-refractivity contribution in [3.05, 3.63) is 29.8 Å². The number of benzene rings is 1. The van der Waals surface area contributed by atoms with Crippen LogP contribution >= 0.6 is 0 Å². The highest BCUT2D eigenvalue weighted by molar-refractivity contribution is 5.89. The van der Waals surface area contributed by atoms with Gasteiger partial charge in [0.25, 0.3) is 0 Å². The first-order valence-corrected chi connectivity index (χ1v) is 9.59. The van der Waals surface area contributed by atoms with E-state index in [-0.39, 0.29) is 0 Å². The number of hydrogen-bond acceptors (Lipinski definition) is 8. The quantitative estimate of drug-likeness (QED) is 0.262. The maximum Gasteiger partial charge on any atom is 0.338 e. The third-order valence-corrected chi connectivity index (χ3v) is 5.01. The number of rotatable bonds is 9. The second kappa shape index (κ2) is 10.7. The lowest BCUT2D eigenvalue weighted by Crippen LogP contribution is -3.11. The highest BCUT2D eigenvalue weighted by Crippen LogP contribution is 2.23. The van der Waals surface area contributed by atoms with E-state index in [0.717, 1.165) is 19.6 Å². The standard InChI is InChI=1S/C19H30N2O7/c1-3-21(4-2)9-10-27-19(26)12-5-7-13(8-6-12)20-18-17(25)16(24)15(23)14(11-22)28-18/h5-8,14-18,20,22-25H,3-4,9-11H2,1-2H3/p+1/t14-,15-,16+,17-,18-/m1/s1. The van der Waals surface area contributed by atoms with Crippen LogP contribution in [0.25, 0.3) is 0 Å². The molecule has 0 amide bonds. The Labute approximate surface area is 164 Å². The number of carbonyl (C=O) groups excluding carboxylic acids is 1. The first-order valence-electron chi connectivity index (χ1n) is 9.59. The number of likely N-dealkylation sites (N-methyl/N-ethyl adjacent to an activating group) is 1. The summed E-state index contributed by atoms with van der Waals surface area (Å²) in [5, 5.41) is 41.8. The lowest BCUT2D eigenvalue weighted by atomic mass is 9.98. The summed E-state index contributed by atoms with van der Waals surface area (Å²) < 4.78 is 10.7. The Morgan fingerprint density at radius 2 is 1.75 bits per heavy atom. The number of quaternary nitrogens is 1. The molecule has 1 saturated heterocycles. The molecule has 1 heterocycles. The number of nitrogens with one attached hydrogen (secondary N) is 2. The molecular weight excluding hydrogens is 368 g/mol. The van der Waals surface area contributed by atoms with Gasteiger partial charge in [-0.15, -0.1) is 0 Å². The average Bonchev–Trinajstić information content (AvgIpc) is 2.72. The van der Waals surface area contributed by atoms with E-state index in [4.69, 9.17) is 9.47 Å². The Kier molecular flexibility index (Phi) is 8.61. The van der Waals surface area contributed by atoms with Crippen molar-refractivity contribution in [1.82, 2.24) is 0 Å². The first kappa shape index (κ1) is 22.5. The molecule has 5 atom stereocenters. The monoisotopic (exact) mass is 399 g/mol. The number of carbonyl (C=O) groups is 1.